The number of hydrogen-bond donors (Lipinski definition) is 0. The molecule has 0 spiro atoms. The van der Waals surface area contributed by atoms with Gasteiger partial charge in [-0.2, -0.15) is 0 Å². The highest BCUT2D eigenvalue weighted by atomic mass is 14.6. The summed E-state index contributed by atoms with van der Waals surface area (Å²) >= 11 is 0. The zero-order valence-corrected chi connectivity index (χ0v) is 8.11. The Balaban J connectivity index is 2.34. The van der Waals surface area contributed by atoms with Crippen LogP contribution in [0.25, 0.3) is 0 Å². The smallest absolute Gasteiger partial charge is 0.0246 e. The van der Waals surface area contributed by atoms with E-state index in [0.29, 0.717) is 5.41 Å². The molecule has 64 valence electrons. The molecule has 0 amide bonds. The van der Waals surface area contributed by atoms with Crippen LogP contribution in [0.5, 0.6) is 0 Å². The van der Waals surface area contributed by atoms with Gasteiger partial charge in [0.1, 0.15) is 0 Å². The van der Waals surface area contributed by atoms with Gasteiger partial charge in [-0.1, -0.05) is 20.8 Å². The van der Waals surface area contributed by atoms with E-state index in [1.165, 1.54) is 32.1 Å². The molecule has 2 rings (SSSR count). The van der Waals surface area contributed by atoms with Crippen molar-refractivity contribution in [3.63, 3.8) is 0 Å². The summed E-state index contributed by atoms with van der Waals surface area (Å²) < 4.78 is 0. The fourth-order valence-corrected chi connectivity index (χ4v) is 3.78. The molecule has 2 fully saturated rings. The summed E-state index contributed by atoms with van der Waals surface area (Å²) in [5.41, 5.74) is 1.42. The minimum atomic E-state index is 0.668. The predicted octanol–water partition coefficient (Wildman–Crippen LogP) is 3.61. The van der Waals surface area contributed by atoms with Crippen LogP contribution in [0.2, 0.25) is 0 Å². The van der Waals surface area contributed by atoms with Crippen LogP contribution in [-0.2, 0) is 0 Å². The van der Waals surface area contributed by atoms with Gasteiger partial charge in [0.15, 0.2) is 0 Å². The van der Waals surface area contributed by atoms with Gasteiger partial charge in [0, 0.05) is 0 Å². The lowest BCUT2D eigenvalue weighted by Gasteiger charge is -2.37. The third kappa shape index (κ3) is 0.711. The van der Waals surface area contributed by atoms with E-state index in [-0.39, 0.29) is 0 Å². The molecule has 0 saturated heterocycles. The average Bonchev–Trinajstić information content (AvgIpc) is 2.39. The molecule has 2 aliphatic rings. The maximum absolute atomic E-state index is 2.50. The molecule has 0 N–H and O–H groups in total. The Kier molecular flexibility index (Phi) is 1.41. The second kappa shape index (κ2) is 2.02. The second-order valence-electron chi connectivity index (χ2n) is 5.13. The summed E-state index contributed by atoms with van der Waals surface area (Å²) in [7, 11) is 0. The van der Waals surface area contributed by atoms with Gasteiger partial charge in [-0.3, -0.25) is 0 Å². The molecule has 2 aliphatic carbocycles. The lowest BCUT2D eigenvalue weighted by Crippen LogP contribution is -2.29. The van der Waals surface area contributed by atoms with Crippen molar-refractivity contribution in [1.29, 1.82) is 0 Å². The maximum atomic E-state index is 2.50. The Morgan fingerprint density at radius 2 is 1.73 bits per heavy atom. The fourth-order valence-electron chi connectivity index (χ4n) is 3.78. The van der Waals surface area contributed by atoms with Crippen LogP contribution in [0, 0.1) is 16.7 Å². The van der Waals surface area contributed by atoms with Gasteiger partial charge >= 0.3 is 0 Å². The van der Waals surface area contributed by atoms with Crippen LogP contribution in [0.3, 0.4) is 0 Å². The highest BCUT2D eigenvalue weighted by Crippen LogP contribution is 2.67. The average molecular weight is 152 g/mol. The molecule has 0 unspecified atom stereocenters. The molecule has 0 heterocycles. The first kappa shape index (κ1) is 7.64. The van der Waals surface area contributed by atoms with Crippen molar-refractivity contribution in [3.8, 4) is 0 Å². The lowest BCUT2D eigenvalue weighted by atomic mass is 9.68. The van der Waals surface area contributed by atoms with Crippen molar-refractivity contribution in [3.05, 3.63) is 0 Å². The molecule has 0 aliphatic heterocycles. The van der Waals surface area contributed by atoms with E-state index in [0.717, 1.165) is 11.3 Å². The molecule has 2 bridgehead atoms. The Morgan fingerprint density at radius 1 is 1.18 bits per heavy atom. The number of hydrogen-bond acceptors (Lipinski definition) is 0. The first-order valence-electron chi connectivity index (χ1n) is 5.12. The van der Waals surface area contributed by atoms with E-state index in [1.807, 2.05) is 0 Å². The molecule has 2 saturated carbocycles. The Morgan fingerprint density at radius 3 is 1.91 bits per heavy atom. The maximum Gasteiger partial charge on any atom is -0.0246 e. The summed E-state index contributed by atoms with van der Waals surface area (Å²) in [4.78, 5) is 0. The first-order chi connectivity index (χ1) is 5.12. The van der Waals surface area contributed by atoms with E-state index in [9.17, 15) is 0 Å². The van der Waals surface area contributed by atoms with E-state index >= 15 is 0 Å². The highest BCUT2D eigenvalue weighted by Gasteiger charge is 2.57. The van der Waals surface area contributed by atoms with Crippen molar-refractivity contribution >= 4 is 0 Å². The van der Waals surface area contributed by atoms with Crippen molar-refractivity contribution < 1.29 is 0 Å². The Bertz CT molecular complexity index is 159. The molecule has 0 atom stereocenters. The van der Waals surface area contributed by atoms with E-state index in [2.05, 4.69) is 20.8 Å². The summed E-state index contributed by atoms with van der Waals surface area (Å²) in [6.07, 6.45) is 7.47. The standard InChI is InChI=1S/C11H20/c1-4-11-7-5-9(6-8-11)10(11,2)3/h9H,4-8H2,1-3H3. The molecular weight excluding hydrogens is 132 g/mol. The second-order valence-corrected chi connectivity index (χ2v) is 5.13. The summed E-state index contributed by atoms with van der Waals surface area (Å²) in [6.45, 7) is 7.39. The van der Waals surface area contributed by atoms with Gasteiger partial charge in [-0.25, -0.2) is 0 Å². The van der Waals surface area contributed by atoms with Crippen molar-refractivity contribution in [2.75, 3.05) is 0 Å². The Labute approximate surface area is 70.4 Å². The zero-order valence-electron chi connectivity index (χ0n) is 8.11. The molecule has 0 aromatic carbocycles. The van der Waals surface area contributed by atoms with E-state index in [1.54, 1.807) is 0 Å². The van der Waals surface area contributed by atoms with Crippen molar-refractivity contribution in [2.24, 2.45) is 16.7 Å². The number of fused-ring (bicyclic) bond motifs is 2. The Hall–Kier alpha value is 0. The largest absolute Gasteiger partial charge is 0.0648 e. The van der Waals surface area contributed by atoms with Crippen LogP contribution in [0.4, 0.5) is 0 Å². The minimum absolute atomic E-state index is 0.668. The van der Waals surface area contributed by atoms with Crippen LogP contribution in [0.1, 0.15) is 52.9 Å². The number of rotatable bonds is 1. The SMILES string of the molecule is CCC12CCC(CC1)C2(C)C. The highest BCUT2D eigenvalue weighted by molar-refractivity contribution is 5.07. The third-order valence-corrected chi connectivity index (χ3v) is 5.01. The first-order valence-corrected chi connectivity index (χ1v) is 5.12. The quantitative estimate of drug-likeness (QED) is 0.538. The molecule has 11 heavy (non-hydrogen) atoms. The van der Waals surface area contributed by atoms with Crippen LogP contribution in [0.15, 0.2) is 0 Å². The lowest BCUT2D eigenvalue weighted by molar-refractivity contribution is 0.123. The molecule has 0 heteroatoms. The molecular formula is C11H20. The predicted molar refractivity (Wildman–Crippen MR) is 48.5 cm³/mol. The molecule has 0 nitrogen and oxygen atoms in total. The molecule has 0 radical (unpaired) electrons. The van der Waals surface area contributed by atoms with Crippen molar-refractivity contribution in [1.82, 2.24) is 0 Å². The monoisotopic (exact) mass is 152 g/mol. The van der Waals surface area contributed by atoms with E-state index in [4.69, 9.17) is 0 Å². The zero-order chi connectivity index (χ0) is 8.11. The van der Waals surface area contributed by atoms with Gasteiger partial charge in [-0.05, 0) is 48.9 Å². The topological polar surface area (TPSA) is 0 Å². The van der Waals surface area contributed by atoms with Gasteiger partial charge in [-0.15, -0.1) is 0 Å². The van der Waals surface area contributed by atoms with Crippen LogP contribution >= 0.6 is 0 Å². The normalized spacial score (nSPS) is 46.6. The molecule has 0 aromatic rings. The summed E-state index contributed by atoms with van der Waals surface area (Å²) in [5.74, 6) is 1.06. The molecule has 0 aromatic heterocycles. The van der Waals surface area contributed by atoms with Gasteiger partial charge in [0.05, 0.1) is 0 Å². The summed E-state index contributed by atoms with van der Waals surface area (Å²) in [6, 6.07) is 0. The van der Waals surface area contributed by atoms with Crippen LogP contribution in [-0.4, -0.2) is 0 Å². The van der Waals surface area contributed by atoms with Gasteiger partial charge in [0.25, 0.3) is 0 Å². The van der Waals surface area contributed by atoms with Gasteiger partial charge < -0.3 is 0 Å². The van der Waals surface area contributed by atoms with Crippen molar-refractivity contribution in [2.45, 2.75) is 52.9 Å². The van der Waals surface area contributed by atoms with Crippen LogP contribution < -0.4 is 0 Å². The minimum Gasteiger partial charge on any atom is -0.0648 e. The third-order valence-electron chi connectivity index (χ3n) is 5.01. The summed E-state index contributed by atoms with van der Waals surface area (Å²) in [5, 5.41) is 0. The van der Waals surface area contributed by atoms with E-state index < -0.39 is 0 Å². The fraction of sp³-hybridized carbons (Fsp3) is 1.00. The van der Waals surface area contributed by atoms with Gasteiger partial charge in [0.2, 0.25) is 0 Å².